The molecule has 0 rings (SSSR count). The smallest absolute Gasteiger partial charge is 0.389 e. The highest BCUT2D eigenvalue weighted by molar-refractivity contribution is 7.99. The summed E-state index contributed by atoms with van der Waals surface area (Å²) in [4.78, 5) is 11.1. The minimum atomic E-state index is -4.07. The average Bonchev–Trinajstić information content (AvgIpc) is 2.27. The number of halogens is 3. The molecule has 0 saturated heterocycles. The van der Waals surface area contributed by atoms with Crippen LogP contribution in [0.1, 0.15) is 46.0 Å². The van der Waals surface area contributed by atoms with Gasteiger partial charge in [-0.3, -0.25) is 4.79 Å². The van der Waals surface area contributed by atoms with Crippen LogP contribution in [0.2, 0.25) is 0 Å². The molecule has 0 aliphatic carbocycles. The Kier molecular flexibility index (Phi) is 9.32. The summed E-state index contributed by atoms with van der Waals surface area (Å²) in [6, 6.07) is 0. The Bertz CT molecular complexity index is 232. The van der Waals surface area contributed by atoms with Gasteiger partial charge < -0.3 is 4.74 Å². The first kappa shape index (κ1) is 17.6. The van der Waals surface area contributed by atoms with Crippen LogP contribution in [0, 0.1) is 0 Å². The van der Waals surface area contributed by atoms with Crippen LogP contribution in [0.3, 0.4) is 0 Å². The molecule has 18 heavy (non-hydrogen) atoms. The third-order valence-electron chi connectivity index (χ3n) is 2.30. The van der Waals surface area contributed by atoms with Crippen molar-refractivity contribution in [1.82, 2.24) is 0 Å². The number of thioether (sulfide) groups is 1. The predicted octanol–water partition coefficient (Wildman–Crippen LogP) is 4.18. The molecule has 0 fully saturated rings. The molecule has 0 radical (unpaired) electrons. The summed E-state index contributed by atoms with van der Waals surface area (Å²) in [5.74, 6) is 0.218. The van der Waals surface area contributed by atoms with Gasteiger partial charge in [0.05, 0.1) is 0 Å². The van der Waals surface area contributed by atoms with E-state index in [1.54, 1.807) is 0 Å². The van der Waals surface area contributed by atoms with E-state index in [0.29, 0.717) is 18.8 Å². The van der Waals surface area contributed by atoms with Crippen LogP contribution in [0.4, 0.5) is 13.2 Å². The summed E-state index contributed by atoms with van der Waals surface area (Å²) in [6.07, 6.45) is -2.77. The zero-order valence-corrected chi connectivity index (χ0v) is 11.7. The summed E-state index contributed by atoms with van der Waals surface area (Å²) in [5, 5.41) is 0.0963. The van der Waals surface area contributed by atoms with Crippen LogP contribution >= 0.6 is 11.8 Å². The van der Waals surface area contributed by atoms with Gasteiger partial charge in [-0.1, -0.05) is 13.8 Å². The molecule has 108 valence electrons. The topological polar surface area (TPSA) is 26.3 Å². The first-order valence-electron chi connectivity index (χ1n) is 6.23. The van der Waals surface area contributed by atoms with E-state index in [9.17, 15) is 18.0 Å². The zero-order chi connectivity index (χ0) is 14.0. The third-order valence-corrected chi connectivity index (χ3v) is 3.76. The Morgan fingerprint density at radius 1 is 1.33 bits per heavy atom. The van der Waals surface area contributed by atoms with Gasteiger partial charge in [-0.25, -0.2) is 0 Å². The monoisotopic (exact) mass is 286 g/mol. The quantitative estimate of drug-likeness (QED) is 0.470. The lowest BCUT2D eigenvalue weighted by molar-refractivity contribution is -0.143. The minimum absolute atomic E-state index is 0.0963. The summed E-state index contributed by atoms with van der Waals surface area (Å²) in [7, 11) is 0. The largest absolute Gasteiger partial charge is 0.464 e. The molecule has 0 amide bonds. The SMILES string of the molecule is CCCC(=O)OCC(CC)SCCCC(F)(F)F. The number of esters is 1. The van der Waals surface area contributed by atoms with E-state index in [-0.39, 0.29) is 17.6 Å². The van der Waals surface area contributed by atoms with E-state index >= 15 is 0 Å². The van der Waals surface area contributed by atoms with Crippen molar-refractivity contribution in [2.45, 2.75) is 57.4 Å². The molecule has 0 spiro atoms. The molecule has 2 nitrogen and oxygen atoms in total. The zero-order valence-electron chi connectivity index (χ0n) is 10.9. The number of alkyl halides is 3. The third kappa shape index (κ3) is 10.7. The number of carbonyl (C=O) groups is 1. The maximum atomic E-state index is 11.9. The molecule has 0 aromatic heterocycles. The van der Waals surface area contributed by atoms with E-state index in [1.165, 1.54) is 11.8 Å². The summed E-state index contributed by atoms with van der Waals surface area (Å²) in [5.41, 5.74) is 0. The fraction of sp³-hybridized carbons (Fsp3) is 0.917. The maximum Gasteiger partial charge on any atom is 0.389 e. The summed E-state index contributed by atoms with van der Waals surface area (Å²) < 4.78 is 40.8. The number of hydrogen-bond acceptors (Lipinski definition) is 3. The van der Waals surface area contributed by atoms with Crippen molar-refractivity contribution in [3.8, 4) is 0 Å². The fourth-order valence-corrected chi connectivity index (χ4v) is 2.31. The second-order valence-electron chi connectivity index (χ2n) is 4.05. The number of rotatable bonds is 9. The van der Waals surface area contributed by atoms with E-state index in [2.05, 4.69) is 0 Å². The van der Waals surface area contributed by atoms with Crippen molar-refractivity contribution < 1.29 is 22.7 Å². The van der Waals surface area contributed by atoms with Crippen LogP contribution in [-0.4, -0.2) is 29.8 Å². The van der Waals surface area contributed by atoms with Gasteiger partial charge in [-0.2, -0.15) is 24.9 Å². The van der Waals surface area contributed by atoms with Crippen molar-refractivity contribution in [2.24, 2.45) is 0 Å². The Balaban J connectivity index is 3.67. The first-order valence-corrected chi connectivity index (χ1v) is 7.27. The first-order chi connectivity index (χ1) is 8.39. The summed E-state index contributed by atoms with van der Waals surface area (Å²) in [6.45, 7) is 4.13. The Morgan fingerprint density at radius 2 is 2.00 bits per heavy atom. The number of hydrogen-bond donors (Lipinski definition) is 0. The van der Waals surface area contributed by atoms with Crippen LogP contribution in [0.5, 0.6) is 0 Å². The molecule has 1 unspecified atom stereocenters. The second-order valence-corrected chi connectivity index (χ2v) is 5.46. The van der Waals surface area contributed by atoms with Gasteiger partial charge in [0.1, 0.15) is 6.61 Å². The molecular formula is C12H21F3O2S. The maximum absolute atomic E-state index is 11.9. The lowest BCUT2D eigenvalue weighted by Gasteiger charge is -2.15. The molecule has 0 aliphatic heterocycles. The molecular weight excluding hydrogens is 265 g/mol. The van der Waals surface area contributed by atoms with Crippen molar-refractivity contribution in [3.63, 3.8) is 0 Å². The normalized spacial score (nSPS) is 13.4. The van der Waals surface area contributed by atoms with E-state index < -0.39 is 12.6 Å². The second kappa shape index (κ2) is 9.53. The van der Waals surface area contributed by atoms with Crippen LogP contribution in [0.15, 0.2) is 0 Å². The molecule has 0 aliphatic rings. The molecule has 0 saturated carbocycles. The van der Waals surface area contributed by atoms with Crippen molar-refractivity contribution in [1.29, 1.82) is 0 Å². The number of carbonyl (C=O) groups excluding carboxylic acids is 1. The van der Waals surface area contributed by atoms with Crippen LogP contribution in [-0.2, 0) is 9.53 Å². The molecule has 0 aromatic carbocycles. The van der Waals surface area contributed by atoms with E-state index in [1.807, 2.05) is 13.8 Å². The molecule has 6 heteroatoms. The van der Waals surface area contributed by atoms with Crippen LogP contribution < -0.4 is 0 Å². The highest BCUT2D eigenvalue weighted by atomic mass is 32.2. The Morgan fingerprint density at radius 3 is 2.50 bits per heavy atom. The van der Waals surface area contributed by atoms with Crippen molar-refractivity contribution in [3.05, 3.63) is 0 Å². The van der Waals surface area contributed by atoms with Crippen molar-refractivity contribution in [2.75, 3.05) is 12.4 Å². The van der Waals surface area contributed by atoms with Gasteiger partial charge in [-0.05, 0) is 25.0 Å². The van der Waals surface area contributed by atoms with Gasteiger partial charge >= 0.3 is 12.1 Å². The van der Waals surface area contributed by atoms with Gasteiger partial charge in [0.15, 0.2) is 0 Å². The molecule has 1 atom stereocenters. The van der Waals surface area contributed by atoms with E-state index in [4.69, 9.17) is 4.74 Å². The minimum Gasteiger partial charge on any atom is -0.464 e. The van der Waals surface area contributed by atoms with Crippen molar-refractivity contribution >= 4 is 17.7 Å². The molecule has 0 aromatic rings. The van der Waals surface area contributed by atoms with Gasteiger partial charge in [0.25, 0.3) is 0 Å². The Hall–Kier alpha value is -0.390. The molecule has 0 heterocycles. The average molecular weight is 286 g/mol. The van der Waals surface area contributed by atoms with E-state index in [0.717, 1.165) is 12.8 Å². The lowest BCUT2D eigenvalue weighted by Crippen LogP contribution is -2.16. The molecule has 0 N–H and O–H groups in total. The highest BCUT2D eigenvalue weighted by Gasteiger charge is 2.26. The van der Waals surface area contributed by atoms with Gasteiger partial charge in [-0.15, -0.1) is 0 Å². The molecule has 0 bridgehead atoms. The highest BCUT2D eigenvalue weighted by Crippen LogP contribution is 2.24. The van der Waals surface area contributed by atoms with Gasteiger partial charge in [0, 0.05) is 18.1 Å². The fourth-order valence-electron chi connectivity index (χ4n) is 1.27. The number of ether oxygens (including phenoxy) is 1. The standard InChI is InChI=1S/C12H21F3O2S/c1-3-6-11(16)17-9-10(4-2)18-8-5-7-12(13,14)15/h10H,3-9H2,1-2H3. The lowest BCUT2D eigenvalue weighted by atomic mass is 10.3. The van der Waals surface area contributed by atoms with Gasteiger partial charge in [0.2, 0.25) is 0 Å². The summed E-state index contributed by atoms with van der Waals surface area (Å²) >= 11 is 1.45. The Labute approximate surface area is 111 Å². The van der Waals surface area contributed by atoms with Crippen LogP contribution in [0.25, 0.3) is 0 Å². The predicted molar refractivity (Wildman–Crippen MR) is 67.7 cm³/mol.